The Morgan fingerprint density at radius 1 is 0.510 bits per heavy atom. The molecule has 0 amide bonds. The Kier molecular flexibility index (Phi) is 11.2. The maximum absolute atomic E-state index is 12.6. The summed E-state index contributed by atoms with van der Waals surface area (Å²) in [5.41, 5.74) is -4.91. The molecule has 0 atom stereocenters. The van der Waals surface area contributed by atoms with Crippen molar-refractivity contribution < 1.29 is 25.5 Å². The van der Waals surface area contributed by atoms with E-state index in [4.69, 9.17) is 0 Å². The maximum atomic E-state index is 12.6. The third kappa shape index (κ3) is 9.18. The van der Waals surface area contributed by atoms with Gasteiger partial charge in [-0.15, -0.1) is 0 Å². The lowest BCUT2D eigenvalue weighted by atomic mass is 10.2. The van der Waals surface area contributed by atoms with Crippen molar-refractivity contribution >= 4 is 0 Å². The van der Waals surface area contributed by atoms with E-state index in [1.54, 1.807) is 9.80 Å². The van der Waals surface area contributed by atoms with Crippen molar-refractivity contribution in [3.63, 3.8) is 0 Å². The Hall–Kier alpha value is -5.97. The highest BCUT2D eigenvalue weighted by Gasteiger charge is 2.23. The molecule has 5 rings (SSSR count). The van der Waals surface area contributed by atoms with E-state index in [0.717, 1.165) is 12.4 Å². The van der Waals surface area contributed by atoms with Gasteiger partial charge in [-0.05, 0) is 0 Å². The Morgan fingerprint density at radius 3 is 1.29 bits per heavy atom. The first kappa shape index (κ1) is 36.3. The van der Waals surface area contributed by atoms with Crippen molar-refractivity contribution in [2.75, 3.05) is 52.4 Å². The standard InChI is InChI=1S/C29H37N11O11/c41-19-9-20(42)32-23(45)15(19)10-37-1-3-38(11-16-21(43)30-14-31-22(16)44)5-6-40(13-18-26(48)35-29(51)36-27(18)49)8-7-39(4-2-37)12-17-24(46)33-28(50)34-25(17)47/h9,14H,1-8,10-13H2,(H2,30,31,43,44)(H3,32,41,42,45)(H3,33,34,46,47,50)(H3,35,36,48,49,51). The van der Waals surface area contributed by atoms with Gasteiger partial charge in [0.1, 0.15) is 5.75 Å². The summed E-state index contributed by atoms with van der Waals surface area (Å²) in [7, 11) is 0. The zero-order valence-electron chi connectivity index (χ0n) is 27.1. The fourth-order valence-electron chi connectivity index (χ4n) is 5.68. The van der Waals surface area contributed by atoms with Gasteiger partial charge in [-0.25, -0.2) is 14.6 Å². The van der Waals surface area contributed by atoms with E-state index in [0.29, 0.717) is 0 Å². The molecule has 5 heterocycles. The number of aromatic nitrogens is 7. The molecule has 274 valence electrons. The van der Waals surface area contributed by atoms with Crippen LogP contribution in [-0.4, -0.2) is 132 Å². The number of aromatic hydroxyl groups is 5. The monoisotopic (exact) mass is 715 g/mol. The molecule has 0 spiro atoms. The number of nitrogens with zero attached hydrogens (tertiary/aromatic N) is 5. The molecule has 0 unspecified atom stereocenters. The predicted octanol–water partition coefficient (Wildman–Crippen LogP) is -3.94. The van der Waals surface area contributed by atoms with Crippen LogP contribution >= 0.6 is 0 Å². The summed E-state index contributed by atoms with van der Waals surface area (Å²) in [6.45, 7) is 1.28. The summed E-state index contributed by atoms with van der Waals surface area (Å²) in [5.74, 6) is -2.69. The molecule has 0 saturated carbocycles. The van der Waals surface area contributed by atoms with Gasteiger partial charge in [0.15, 0.2) is 5.88 Å². The van der Waals surface area contributed by atoms with Crippen LogP contribution in [0.5, 0.6) is 29.3 Å². The molecule has 1 fully saturated rings. The molecular formula is C29H37N11O11. The van der Waals surface area contributed by atoms with Crippen LogP contribution in [0.15, 0.2) is 41.2 Å². The topological polar surface area (TPSA) is 324 Å². The number of hydrogen-bond acceptors (Lipinski definition) is 16. The third-order valence-electron chi connectivity index (χ3n) is 8.53. The van der Waals surface area contributed by atoms with Crippen molar-refractivity contribution in [1.29, 1.82) is 0 Å². The van der Waals surface area contributed by atoms with E-state index in [2.05, 4.69) is 34.9 Å². The lowest BCUT2D eigenvalue weighted by Gasteiger charge is -2.34. The highest BCUT2D eigenvalue weighted by Crippen LogP contribution is 2.24. The van der Waals surface area contributed by atoms with Crippen LogP contribution in [-0.2, 0) is 26.2 Å². The normalized spacial score (nSPS) is 16.1. The number of pyridine rings is 1. The number of aromatic amines is 6. The van der Waals surface area contributed by atoms with Gasteiger partial charge in [-0.3, -0.25) is 63.7 Å². The molecular weight excluding hydrogens is 678 g/mol. The minimum absolute atomic E-state index is 0.00884. The lowest BCUT2D eigenvalue weighted by molar-refractivity contribution is 0.119. The van der Waals surface area contributed by atoms with E-state index in [9.17, 15) is 54.3 Å². The Labute approximate surface area is 284 Å². The number of nitrogens with one attached hydrogen (secondary N) is 6. The van der Waals surface area contributed by atoms with Crippen molar-refractivity contribution in [1.82, 2.24) is 54.5 Å². The van der Waals surface area contributed by atoms with E-state index in [1.807, 2.05) is 9.80 Å². The number of H-pyrrole nitrogens is 6. The largest absolute Gasteiger partial charge is 0.507 e. The van der Waals surface area contributed by atoms with Gasteiger partial charge in [0.25, 0.3) is 22.2 Å². The Bertz CT molecular complexity index is 2200. The predicted molar refractivity (Wildman–Crippen MR) is 177 cm³/mol. The van der Waals surface area contributed by atoms with E-state index in [1.165, 1.54) is 0 Å². The molecule has 0 aromatic carbocycles. The Balaban J connectivity index is 1.49. The molecule has 0 radical (unpaired) electrons. The number of rotatable bonds is 8. The third-order valence-corrected chi connectivity index (χ3v) is 8.53. The van der Waals surface area contributed by atoms with Crippen molar-refractivity contribution in [2.45, 2.75) is 26.2 Å². The minimum atomic E-state index is -0.898. The van der Waals surface area contributed by atoms with Crippen LogP contribution in [0, 0.1) is 0 Å². The molecule has 11 N–H and O–H groups in total. The Morgan fingerprint density at radius 2 is 0.902 bits per heavy atom. The van der Waals surface area contributed by atoms with Crippen LogP contribution in [0.25, 0.3) is 0 Å². The molecule has 51 heavy (non-hydrogen) atoms. The van der Waals surface area contributed by atoms with E-state index >= 15 is 0 Å². The van der Waals surface area contributed by atoms with Crippen LogP contribution in [0.4, 0.5) is 0 Å². The van der Waals surface area contributed by atoms with Crippen LogP contribution < -0.4 is 33.6 Å². The molecule has 22 heteroatoms. The summed E-state index contributed by atoms with van der Waals surface area (Å²) in [6.07, 6.45) is 1.06. The molecule has 22 nitrogen and oxygen atoms in total. The van der Waals surface area contributed by atoms with Gasteiger partial charge < -0.3 is 30.5 Å². The van der Waals surface area contributed by atoms with Crippen molar-refractivity contribution in [3.8, 4) is 29.3 Å². The highest BCUT2D eigenvalue weighted by molar-refractivity contribution is 5.37. The summed E-state index contributed by atoms with van der Waals surface area (Å²) in [6, 6.07) is 0.923. The molecule has 0 aliphatic carbocycles. The van der Waals surface area contributed by atoms with Crippen molar-refractivity contribution in [2.24, 2.45) is 0 Å². The van der Waals surface area contributed by atoms with Crippen molar-refractivity contribution in [3.05, 3.63) is 97.0 Å². The maximum Gasteiger partial charge on any atom is 0.328 e. The van der Waals surface area contributed by atoms with Crippen LogP contribution in [0.1, 0.15) is 22.3 Å². The highest BCUT2D eigenvalue weighted by atomic mass is 16.3. The second-order valence-corrected chi connectivity index (χ2v) is 12.0. The SMILES string of the molecule is O=c1cc(O)c(CN2CCN(Cc3c(O)nc[nH]c3=O)CCN(Cc3c(O)[nH]c(=O)[nH]c3=O)CCN(Cc3c(O)[nH]c(=O)[nH]c3=O)CC2)c(O)[nH]1. The fraction of sp³-hybridized carbons (Fsp3) is 0.414. The van der Waals surface area contributed by atoms with E-state index < -0.39 is 62.9 Å². The van der Waals surface area contributed by atoms with Crippen LogP contribution in [0.3, 0.4) is 0 Å². The zero-order chi connectivity index (χ0) is 36.8. The smallest absolute Gasteiger partial charge is 0.328 e. The first-order chi connectivity index (χ1) is 24.3. The molecule has 4 aromatic rings. The number of hydrogen-bond donors (Lipinski definition) is 11. The lowest BCUT2D eigenvalue weighted by Crippen LogP contribution is -2.46. The quantitative estimate of drug-likeness (QED) is 0.0829. The summed E-state index contributed by atoms with van der Waals surface area (Å²) in [4.78, 5) is 97.2. The van der Waals surface area contributed by atoms with Gasteiger partial charge in [0.2, 0.25) is 17.6 Å². The second-order valence-electron chi connectivity index (χ2n) is 12.0. The van der Waals surface area contributed by atoms with Gasteiger partial charge >= 0.3 is 11.4 Å². The fourth-order valence-corrected chi connectivity index (χ4v) is 5.68. The average Bonchev–Trinajstić information content (AvgIpc) is 3.03. The van der Waals surface area contributed by atoms with Gasteiger partial charge in [0.05, 0.1) is 28.6 Å². The molecule has 1 aliphatic rings. The first-order valence-electron chi connectivity index (χ1n) is 15.6. The van der Waals surface area contributed by atoms with Gasteiger partial charge in [-0.1, -0.05) is 0 Å². The minimum Gasteiger partial charge on any atom is -0.507 e. The van der Waals surface area contributed by atoms with Gasteiger partial charge in [0, 0.05) is 84.6 Å². The second kappa shape index (κ2) is 15.7. The molecule has 4 aromatic heterocycles. The zero-order valence-corrected chi connectivity index (χ0v) is 27.1. The van der Waals surface area contributed by atoms with E-state index in [-0.39, 0.29) is 101 Å². The molecule has 1 saturated heterocycles. The summed E-state index contributed by atoms with van der Waals surface area (Å²) in [5, 5.41) is 52.1. The first-order valence-corrected chi connectivity index (χ1v) is 15.6. The summed E-state index contributed by atoms with van der Waals surface area (Å²) >= 11 is 0. The molecule has 1 aliphatic heterocycles. The molecule has 0 bridgehead atoms. The van der Waals surface area contributed by atoms with Gasteiger partial charge in [-0.2, -0.15) is 0 Å². The summed E-state index contributed by atoms with van der Waals surface area (Å²) < 4.78 is 0. The van der Waals surface area contributed by atoms with Crippen LogP contribution in [0.2, 0.25) is 0 Å². The average molecular weight is 716 g/mol.